The molecular weight excluding hydrogens is 286 g/mol. The predicted octanol–water partition coefficient (Wildman–Crippen LogP) is 2.00. The number of aliphatic hydroxyl groups excluding tert-OH is 2. The van der Waals surface area contributed by atoms with Gasteiger partial charge in [0.05, 0.1) is 23.0 Å². The van der Waals surface area contributed by atoms with E-state index in [4.69, 9.17) is 0 Å². The summed E-state index contributed by atoms with van der Waals surface area (Å²) in [5.41, 5.74) is -0.247. The quantitative estimate of drug-likeness (QED) is 0.505. The van der Waals surface area contributed by atoms with E-state index >= 15 is 0 Å². The van der Waals surface area contributed by atoms with Gasteiger partial charge in [-0.1, -0.05) is 13.8 Å². The Morgan fingerprint density at radius 1 is 1.32 bits per heavy atom. The van der Waals surface area contributed by atoms with E-state index in [9.17, 15) is 25.1 Å². The molecule has 2 rings (SSSR count). The summed E-state index contributed by atoms with van der Waals surface area (Å²) in [5, 5.41) is 31.3. The Balaban J connectivity index is 2.26. The summed E-state index contributed by atoms with van der Waals surface area (Å²) in [6.07, 6.45) is -1.66. The Bertz CT molecular complexity index is 581. The molecule has 1 saturated carbocycles. The lowest BCUT2D eigenvalue weighted by Gasteiger charge is -2.46. The van der Waals surface area contributed by atoms with Crippen molar-refractivity contribution >= 4 is 11.5 Å². The highest BCUT2D eigenvalue weighted by molar-refractivity contribution is 5.98. The van der Waals surface area contributed by atoms with E-state index in [1.54, 1.807) is 0 Å². The second-order valence-electron chi connectivity index (χ2n) is 6.55. The number of ketones is 1. The van der Waals surface area contributed by atoms with Crippen molar-refractivity contribution in [1.82, 2.24) is 0 Å². The van der Waals surface area contributed by atoms with Crippen LogP contribution in [-0.4, -0.2) is 33.1 Å². The SMILES string of the molecule is [CH2]C1C(O)C(C(=O)c2ccc([N+](=O)[O-])cc2)C(O)CC1(C)C. The van der Waals surface area contributed by atoms with Crippen LogP contribution in [0.15, 0.2) is 24.3 Å². The first-order valence-electron chi connectivity index (χ1n) is 7.13. The number of hydrogen-bond acceptors (Lipinski definition) is 5. The summed E-state index contributed by atoms with van der Waals surface area (Å²) in [5.74, 6) is -1.76. The second kappa shape index (κ2) is 5.78. The number of nitro benzene ring substituents is 1. The zero-order valence-electron chi connectivity index (χ0n) is 12.6. The maximum atomic E-state index is 12.5. The number of aliphatic hydroxyl groups is 2. The Labute approximate surface area is 128 Å². The van der Waals surface area contributed by atoms with Gasteiger partial charge in [0, 0.05) is 17.7 Å². The third-order valence-electron chi connectivity index (χ3n) is 4.60. The van der Waals surface area contributed by atoms with Crippen LogP contribution in [0, 0.1) is 34.3 Å². The van der Waals surface area contributed by atoms with Crippen molar-refractivity contribution < 1.29 is 19.9 Å². The summed E-state index contributed by atoms with van der Waals surface area (Å²) in [7, 11) is 0. The van der Waals surface area contributed by atoms with Crippen molar-refractivity contribution in [2.75, 3.05) is 0 Å². The second-order valence-corrected chi connectivity index (χ2v) is 6.55. The molecule has 4 atom stereocenters. The van der Waals surface area contributed by atoms with Crippen molar-refractivity contribution in [3.63, 3.8) is 0 Å². The third kappa shape index (κ3) is 2.89. The van der Waals surface area contributed by atoms with E-state index < -0.39 is 28.8 Å². The lowest BCUT2D eigenvalue weighted by atomic mass is 9.62. The van der Waals surface area contributed by atoms with Gasteiger partial charge in [-0.3, -0.25) is 14.9 Å². The van der Waals surface area contributed by atoms with Crippen LogP contribution in [0.4, 0.5) is 5.69 Å². The molecule has 0 bridgehead atoms. The average Bonchev–Trinajstić information content (AvgIpc) is 2.44. The van der Waals surface area contributed by atoms with E-state index in [-0.39, 0.29) is 22.6 Å². The summed E-state index contributed by atoms with van der Waals surface area (Å²) < 4.78 is 0. The molecule has 4 unspecified atom stereocenters. The van der Waals surface area contributed by atoms with E-state index in [2.05, 4.69) is 6.92 Å². The largest absolute Gasteiger partial charge is 0.392 e. The van der Waals surface area contributed by atoms with Crippen molar-refractivity contribution in [2.24, 2.45) is 17.3 Å². The van der Waals surface area contributed by atoms with Crippen LogP contribution in [-0.2, 0) is 0 Å². The van der Waals surface area contributed by atoms with Crippen LogP contribution in [0.2, 0.25) is 0 Å². The highest BCUT2D eigenvalue weighted by Gasteiger charge is 2.48. The van der Waals surface area contributed by atoms with Crippen LogP contribution in [0.1, 0.15) is 30.6 Å². The molecule has 6 heteroatoms. The van der Waals surface area contributed by atoms with Crippen LogP contribution in [0.5, 0.6) is 0 Å². The fourth-order valence-corrected chi connectivity index (χ4v) is 3.03. The molecule has 1 radical (unpaired) electrons. The monoisotopic (exact) mass is 306 g/mol. The van der Waals surface area contributed by atoms with Crippen LogP contribution in [0.3, 0.4) is 0 Å². The minimum atomic E-state index is -1.05. The molecule has 2 N–H and O–H groups in total. The van der Waals surface area contributed by atoms with Gasteiger partial charge in [0.25, 0.3) is 5.69 Å². The maximum absolute atomic E-state index is 12.5. The molecule has 0 amide bonds. The topological polar surface area (TPSA) is 101 Å². The zero-order chi connectivity index (χ0) is 16.7. The predicted molar refractivity (Wildman–Crippen MR) is 80.2 cm³/mol. The zero-order valence-corrected chi connectivity index (χ0v) is 12.6. The van der Waals surface area contributed by atoms with Gasteiger partial charge in [0.15, 0.2) is 5.78 Å². The fourth-order valence-electron chi connectivity index (χ4n) is 3.03. The van der Waals surface area contributed by atoms with Gasteiger partial charge in [0.1, 0.15) is 0 Å². The number of benzene rings is 1. The van der Waals surface area contributed by atoms with Crippen LogP contribution in [0.25, 0.3) is 0 Å². The molecule has 0 saturated heterocycles. The van der Waals surface area contributed by atoms with Crippen LogP contribution < -0.4 is 0 Å². The molecule has 0 spiro atoms. The molecule has 6 nitrogen and oxygen atoms in total. The number of nitro groups is 1. The normalized spacial score (nSPS) is 30.8. The van der Waals surface area contributed by atoms with Gasteiger partial charge in [-0.25, -0.2) is 0 Å². The van der Waals surface area contributed by atoms with Gasteiger partial charge >= 0.3 is 0 Å². The standard InChI is InChI=1S/C16H20NO5/c1-9-14(19)13(12(18)8-16(9,2)3)15(20)10-4-6-11(7-5-10)17(21)22/h4-7,9,12-14,18-19H,1,8H2,2-3H3. The number of Topliss-reactive ketones (excluding diaryl/α,β-unsaturated/α-hetero) is 1. The summed E-state index contributed by atoms with van der Waals surface area (Å²) in [6.45, 7) is 7.71. The van der Waals surface area contributed by atoms with Crippen molar-refractivity contribution in [3.05, 3.63) is 46.9 Å². The first-order valence-corrected chi connectivity index (χ1v) is 7.13. The molecule has 0 aromatic heterocycles. The maximum Gasteiger partial charge on any atom is 0.269 e. The number of carbonyl (C=O) groups is 1. The number of non-ortho nitro benzene ring substituents is 1. The number of hydrogen-bond donors (Lipinski definition) is 2. The first-order chi connectivity index (χ1) is 10.1. The number of rotatable bonds is 3. The van der Waals surface area contributed by atoms with Crippen molar-refractivity contribution in [3.8, 4) is 0 Å². The highest BCUT2D eigenvalue weighted by Crippen LogP contribution is 2.43. The van der Waals surface area contributed by atoms with E-state index in [1.165, 1.54) is 24.3 Å². The Kier molecular flexibility index (Phi) is 4.35. The van der Waals surface area contributed by atoms with E-state index in [0.717, 1.165) is 0 Å². The molecule has 1 aromatic rings. The van der Waals surface area contributed by atoms with E-state index in [1.807, 2.05) is 13.8 Å². The van der Waals surface area contributed by atoms with Crippen molar-refractivity contribution in [2.45, 2.75) is 32.5 Å². The molecule has 22 heavy (non-hydrogen) atoms. The fraction of sp³-hybridized carbons (Fsp3) is 0.500. The molecule has 1 fully saturated rings. The number of carbonyl (C=O) groups excluding carboxylic acids is 1. The van der Waals surface area contributed by atoms with Gasteiger partial charge in [-0.15, -0.1) is 0 Å². The van der Waals surface area contributed by atoms with Crippen LogP contribution >= 0.6 is 0 Å². The first kappa shape index (κ1) is 16.6. The molecule has 1 aliphatic rings. The Morgan fingerprint density at radius 2 is 1.86 bits per heavy atom. The van der Waals surface area contributed by atoms with Gasteiger partial charge in [-0.2, -0.15) is 0 Å². The minimum absolute atomic E-state index is 0.113. The molecule has 0 aliphatic heterocycles. The number of nitrogens with zero attached hydrogens (tertiary/aromatic N) is 1. The summed E-state index contributed by atoms with van der Waals surface area (Å²) in [4.78, 5) is 22.6. The Hall–Kier alpha value is -1.79. The minimum Gasteiger partial charge on any atom is -0.392 e. The molecule has 119 valence electrons. The van der Waals surface area contributed by atoms with Gasteiger partial charge in [0.2, 0.25) is 0 Å². The van der Waals surface area contributed by atoms with Gasteiger partial charge < -0.3 is 10.2 Å². The van der Waals surface area contributed by atoms with E-state index in [0.29, 0.717) is 6.42 Å². The lowest BCUT2D eigenvalue weighted by molar-refractivity contribution is -0.384. The molecular formula is C16H20NO5. The smallest absolute Gasteiger partial charge is 0.269 e. The average molecular weight is 306 g/mol. The van der Waals surface area contributed by atoms with Gasteiger partial charge in [-0.05, 0) is 36.8 Å². The lowest BCUT2D eigenvalue weighted by Crippen LogP contribution is -2.52. The third-order valence-corrected chi connectivity index (χ3v) is 4.60. The molecule has 0 heterocycles. The van der Waals surface area contributed by atoms with Crippen molar-refractivity contribution in [1.29, 1.82) is 0 Å². The molecule has 1 aliphatic carbocycles. The molecule has 1 aromatic carbocycles. The summed E-state index contributed by atoms with van der Waals surface area (Å²) >= 11 is 0. The Morgan fingerprint density at radius 3 is 2.36 bits per heavy atom. The highest BCUT2D eigenvalue weighted by atomic mass is 16.6. The summed E-state index contributed by atoms with van der Waals surface area (Å²) in [6, 6.07) is 5.16.